The van der Waals surface area contributed by atoms with Crippen molar-refractivity contribution in [3.8, 4) is 0 Å². The highest BCUT2D eigenvalue weighted by molar-refractivity contribution is 5.68. The molecule has 0 unspecified atom stereocenters. The molecule has 2 rings (SSSR count). The van der Waals surface area contributed by atoms with E-state index in [4.69, 9.17) is 0 Å². The molecule has 0 saturated carbocycles. The number of benzene rings is 1. The largest absolute Gasteiger partial charge is 0.254 e. The van der Waals surface area contributed by atoms with Crippen LogP contribution in [0.5, 0.6) is 0 Å². The summed E-state index contributed by atoms with van der Waals surface area (Å²) in [6.07, 6.45) is 2.61. The lowest BCUT2D eigenvalue weighted by Crippen LogP contribution is -1.93. The van der Waals surface area contributed by atoms with Crippen LogP contribution in [0.1, 0.15) is 17.0 Å². The van der Waals surface area contributed by atoms with Gasteiger partial charge in [-0.05, 0) is 43.3 Å². The van der Waals surface area contributed by atoms with Gasteiger partial charge in [0.1, 0.15) is 5.82 Å². The predicted octanol–water partition coefficient (Wildman–Crippen LogP) is 3.98. The van der Waals surface area contributed by atoms with Crippen LogP contribution >= 0.6 is 0 Å². The van der Waals surface area contributed by atoms with Gasteiger partial charge < -0.3 is 0 Å². The molecule has 2 aromatic rings. The molecular weight excluding hydrogens is 239 g/mol. The summed E-state index contributed by atoms with van der Waals surface area (Å²) in [7, 11) is 0. The highest BCUT2D eigenvalue weighted by Crippen LogP contribution is 2.18. The Hall–Kier alpha value is -2.10. The Bertz CT molecular complexity index is 606. The van der Waals surface area contributed by atoms with Gasteiger partial charge in [0.2, 0.25) is 0 Å². The first-order valence-electron chi connectivity index (χ1n) is 5.33. The molecule has 0 bridgehead atoms. The van der Waals surface area contributed by atoms with Crippen molar-refractivity contribution in [3.05, 3.63) is 64.7 Å². The lowest BCUT2D eigenvalue weighted by molar-refractivity contribution is 0.492. The SMILES string of the molecule is Cc1cccc(C=Cc2c(F)ccc(F)c2F)n1. The molecule has 1 nitrogen and oxygen atoms in total. The van der Waals surface area contributed by atoms with Gasteiger partial charge in [-0.2, -0.15) is 0 Å². The van der Waals surface area contributed by atoms with Crippen LogP contribution in [0, 0.1) is 24.4 Å². The van der Waals surface area contributed by atoms with E-state index in [0.717, 1.165) is 17.8 Å². The van der Waals surface area contributed by atoms with Crippen molar-refractivity contribution in [1.29, 1.82) is 0 Å². The molecule has 18 heavy (non-hydrogen) atoms. The Kier molecular flexibility index (Phi) is 3.46. The number of halogens is 3. The quantitative estimate of drug-likeness (QED) is 0.734. The van der Waals surface area contributed by atoms with Crippen molar-refractivity contribution < 1.29 is 13.2 Å². The maximum atomic E-state index is 13.4. The number of nitrogens with zero attached hydrogens (tertiary/aromatic N) is 1. The second kappa shape index (κ2) is 5.04. The molecular formula is C14H10F3N. The van der Waals surface area contributed by atoms with Gasteiger partial charge in [0.15, 0.2) is 11.6 Å². The molecule has 0 aliphatic rings. The molecule has 0 spiro atoms. The molecule has 4 heteroatoms. The van der Waals surface area contributed by atoms with Gasteiger partial charge in [-0.1, -0.05) is 6.07 Å². The van der Waals surface area contributed by atoms with E-state index < -0.39 is 23.0 Å². The Labute approximate surface area is 103 Å². The summed E-state index contributed by atoms with van der Waals surface area (Å²) in [6.45, 7) is 1.81. The van der Waals surface area contributed by atoms with Crippen LogP contribution in [0.25, 0.3) is 12.2 Å². The summed E-state index contributed by atoms with van der Waals surface area (Å²) in [5.41, 5.74) is 0.939. The number of hydrogen-bond acceptors (Lipinski definition) is 1. The molecule has 0 N–H and O–H groups in total. The fourth-order valence-corrected chi connectivity index (χ4v) is 1.52. The van der Waals surface area contributed by atoms with E-state index in [2.05, 4.69) is 4.98 Å². The first kappa shape index (κ1) is 12.4. The molecule has 1 heterocycles. The summed E-state index contributed by atoms with van der Waals surface area (Å²) in [5, 5.41) is 0. The predicted molar refractivity (Wildman–Crippen MR) is 64.2 cm³/mol. The van der Waals surface area contributed by atoms with Crippen molar-refractivity contribution in [2.75, 3.05) is 0 Å². The summed E-state index contributed by atoms with van der Waals surface area (Å²) in [4.78, 5) is 4.14. The molecule has 1 aromatic heterocycles. The van der Waals surface area contributed by atoms with E-state index in [1.54, 1.807) is 25.1 Å². The monoisotopic (exact) mass is 249 g/mol. The molecule has 92 valence electrons. The van der Waals surface area contributed by atoms with Crippen LogP contribution in [0.4, 0.5) is 13.2 Å². The fraction of sp³-hybridized carbons (Fsp3) is 0.0714. The van der Waals surface area contributed by atoms with E-state index in [1.165, 1.54) is 12.2 Å². The Morgan fingerprint density at radius 3 is 2.39 bits per heavy atom. The topological polar surface area (TPSA) is 12.9 Å². The van der Waals surface area contributed by atoms with Crippen LogP contribution in [-0.4, -0.2) is 4.98 Å². The first-order valence-corrected chi connectivity index (χ1v) is 5.33. The molecule has 0 aliphatic heterocycles. The van der Waals surface area contributed by atoms with Gasteiger partial charge in [0.05, 0.1) is 5.69 Å². The molecule has 1 aromatic carbocycles. The fourth-order valence-electron chi connectivity index (χ4n) is 1.52. The second-order valence-corrected chi connectivity index (χ2v) is 3.79. The summed E-state index contributed by atoms with van der Waals surface area (Å²) < 4.78 is 39.6. The lowest BCUT2D eigenvalue weighted by atomic mass is 10.1. The maximum absolute atomic E-state index is 13.4. The van der Waals surface area contributed by atoms with Crippen LogP contribution < -0.4 is 0 Å². The minimum Gasteiger partial charge on any atom is -0.254 e. The van der Waals surface area contributed by atoms with Crippen molar-refractivity contribution in [2.24, 2.45) is 0 Å². The van der Waals surface area contributed by atoms with E-state index in [9.17, 15) is 13.2 Å². The third-order valence-corrected chi connectivity index (χ3v) is 2.41. The minimum atomic E-state index is -1.20. The average Bonchev–Trinajstić information content (AvgIpc) is 2.34. The Balaban J connectivity index is 2.37. The molecule has 0 saturated heterocycles. The van der Waals surface area contributed by atoms with Crippen molar-refractivity contribution in [3.63, 3.8) is 0 Å². The van der Waals surface area contributed by atoms with E-state index in [-0.39, 0.29) is 0 Å². The maximum Gasteiger partial charge on any atom is 0.168 e. The zero-order valence-corrected chi connectivity index (χ0v) is 9.62. The zero-order valence-electron chi connectivity index (χ0n) is 9.62. The first-order chi connectivity index (χ1) is 8.58. The van der Waals surface area contributed by atoms with Crippen LogP contribution in [0.15, 0.2) is 30.3 Å². The van der Waals surface area contributed by atoms with Gasteiger partial charge in [-0.15, -0.1) is 0 Å². The zero-order chi connectivity index (χ0) is 13.1. The van der Waals surface area contributed by atoms with E-state index in [1.807, 2.05) is 0 Å². The Morgan fingerprint density at radius 2 is 1.67 bits per heavy atom. The van der Waals surface area contributed by atoms with Crippen LogP contribution in [0.3, 0.4) is 0 Å². The van der Waals surface area contributed by atoms with Gasteiger partial charge in [0.25, 0.3) is 0 Å². The third-order valence-electron chi connectivity index (χ3n) is 2.41. The number of aryl methyl sites for hydroxylation is 1. The van der Waals surface area contributed by atoms with Crippen molar-refractivity contribution in [1.82, 2.24) is 4.98 Å². The van der Waals surface area contributed by atoms with Gasteiger partial charge in [-0.25, -0.2) is 13.2 Å². The van der Waals surface area contributed by atoms with Gasteiger partial charge in [0, 0.05) is 11.3 Å². The average molecular weight is 249 g/mol. The van der Waals surface area contributed by atoms with Crippen LogP contribution in [-0.2, 0) is 0 Å². The molecule has 0 amide bonds. The summed E-state index contributed by atoms with van der Waals surface area (Å²) in [6, 6.07) is 6.92. The van der Waals surface area contributed by atoms with Gasteiger partial charge >= 0.3 is 0 Å². The summed E-state index contributed by atoms with van der Waals surface area (Å²) in [5.74, 6) is -3.08. The smallest absolute Gasteiger partial charge is 0.168 e. The van der Waals surface area contributed by atoms with Crippen LogP contribution in [0.2, 0.25) is 0 Å². The van der Waals surface area contributed by atoms with Gasteiger partial charge in [-0.3, -0.25) is 4.98 Å². The summed E-state index contributed by atoms with van der Waals surface area (Å²) >= 11 is 0. The molecule has 0 radical (unpaired) electrons. The number of aromatic nitrogens is 1. The third kappa shape index (κ3) is 2.59. The van der Waals surface area contributed by atoms with Crippen molar-refractivity contribution in [2.45, 2.75) is 6.92 Å². The normalized spacial score (nSPS) is 11.1. The Morgan fingerprint density at radius 1 is 0.944 bits per heavy atom. The number of pyridine rings is 1. The molecule has 0 aliphatic carbocycles. The standard InChI is InChI=1S/C14H10F3N/c1-9-3-2-4-10(18-9)5-6-11-12(15)7-8-13(16)14(11)17/h2-8H,1H3. The lowest BCUT2D eigenvalue weighted by Gasteiger charge is -2.00. The minimum absolute atomic E-state index is 0.404. The molecule has 0 atom stereocenters. The highest BCUT2D eigenvalue weighted by Gasteiger charge is 2.10. The van der Waals surface area contributed by atoms with E-state index in [0.29, 0.717) is 5.69 Å². The number of hydrogen-bond donors (Lipinski definition) is 0. The van der Waals surface area contributed by atoms with Crippen molar-refractivity contribution >= 4 is 12.2 Å². The second-order valence-electron chi connectivity index (χ2n) is 3.79. The van der Waals surface area contributed by atoms with E-state index >= 15 is 0 Å². The molecule has 0 fully saturated rings. The highest BCUT2D eigenvalue weighted by atomic mass is 19.2. The number of rotatable bonds is 2.